The van der Waals surface area contributed by atoms with E-state index in [1.807, 2.05) is 36.0 Å². The predicted molar refractivity (Wildman–Crippen MR) is 68.7 cm³/mol. The Balaban J connectivity index is 2.43. The second kappa shape index (κ2) is 4.69. The third-order valence-corrected chi connectivity index (χ3v) is 3.88. The van der Waals surface area contributed by atoms with Gasteiger partial charge in [0.15, 0.2) is 0 Å². The van der Waals surface area contributed by atoms with Gasteiger partial charge in [-0.1, -0.05) is 6.07 Å². The van der Waals surface area contributed by atoms with Gasteiger partial charge in [-0.3, -0.25) is 4.68 Å². The van der Waals surface area contributed by atoms with Crippen molar-refractivity contribution in [3.63, 3.8) is 0 Å². The van der Waals surface area contributed by atoms with Gasteiger partial charge in [-0.25, -0.2) is 0 Å². The van der Waals surface area contributed by atoms with Crippen LogP contribution in [0.4, 0.5) is 0 Å². The van der Waals surface area contributed by atoms with Gasteiger partial charge in [0.1, 0.15) is 6.10 Å². The van der Waals surface area contributed by atoms with Crippen LogP contribution in [0.2, 0.25) is 0 Å². The molecule has 1 unspecified atom stereocenters. The lowest BCUT2D eigenvalue weighted by molar-refractivity contribution is 0.208. The van der Waals surface area contributed by atoms with Crippen LogP contribution in [-0.4, -0.2) is 14.9 Å². The van der Waals surface area contributed by atoms with Crippen LogP contribution >= 0.6 is 27.3 Å². The van der Waals surface area contributed by atoms with Crippen LogP contribution in [0.5, 0.6) is 0 Å². The Morgan fingerprint density at radius 2 is 2.25 bits per heavy atom. The van der Waals surface area contributed by atoms with Gasteiger partial charge in [-0.05, 0) is 41.2 Å². The van der Waals surface area contributed by atoms with Crippen LogP contribution < -0.4 is 0 Å². The molecule has 2 heterocycles. The van der Waals surface area contributed by atoms with Gasteiger partial charge < -0.3 is 5.11 Å². The van der Waals surface area contributed by atoms with Crippen molar-refractivity contribution in [3.8, 4) is 0 Å². The summed E-state index contributed by atoms with van der Waals surface area (Å²) in [5, 5.41) is 16.5. The summed E-state index contributed by atoms with van der Waals surface area (Å²) in [7, 11) is 0. The quantitative estimate of drug-likeness (QED) is 0.944. The Labute approximate surface area is 107 Å². The summed E-state index contributed by atoms with van der Waals surface area (Å²) in [6.07, 6.45) is 1.12. The molecule has 0 saturated carbocycles. The van der Waals surface area contributed by atoms with Gasteiger partial charge in [-0.2, -0.15) is 5.10 Å². The number of thiophene rings is 1. The second-order valence-corrected chi connectivity index (χ2v) is 5.67. The molecule has 0 radical (unpaired) electrons. The highest BCUT2D eigenvalue weighted by molar-refractivity contribution is 9.10. The average Bonchev–Trinajstić information content (AvgIpc) is 2.84. The Bertz CT molecular complexity index is 464. The number of aliphatic hydroxyl groups is 1. The third kappa shape index (κ3) is 2.07. The monoisotopic (exact) mass is 300 g/mol. The van der Waals surface area contributed by atoms with Gasteiger partial charge in [0.25, 0.3) is 0 Å². The fraction of sp³-hybridized carbons (Fsp3) is 0.364. The standard InChI is InChI=1S/C11H13BrN2OS/c1-7(2)14-10(8(12)6-13-14)11(15)9-4-3-5-16-9/h3-7,11,15H,1-2H3. The lowest BCUT2D eigenvalue weighted by Gasteiger charge is -2.15. The van der Waals surface area contributed by atoms with Crippen LogP contribution in [-0.2, 0) is 0 Å². The molecule has 0 fully saturated rings. The predicted octanol–water partition coefficient (Wildman–Crippen LogP) is 3.37. The van der Waals surface area contributed by atoms with Crippen molar-refractivity contribution < 1.29 is 5.11 Å². The van der Waals surface area contributed by atoms with E-state index in [2.05, 4.69) is 21.0 Å². The maximum absolute atomic E-state index is 10.3. The normalized spacial score (nSPS) is 13.3. The lowest BCUT2D eigenvalue weighted by atomic mass is 10.2. The van der Waals surface area contributed by atoms with Crippen molar-refractivity contribution in [1.82, 2.24) is 9.78 Å². The van der Waals surface area contributed by atoms with E-state index in [1.54, 1.807) is 17.5 Å². The van der Waals surface area contributed by atoms with Crippen molar-refractivity contribution in [3.05, 3.63) is 38.8 Å². The fourth-order valence-electron chi connectivity index (χ4n) is 1.60. The highest BCUT2D eigenvalue weighted by Crippen LogP contribution is 2.32. The largest absolute Gasteiger partial charge is 0.381 e. The second-order valence-electron chi connectivity index (χ2n) is 3.83. The first-order chi connectivity index (χ1) is 7.61. The van der Waals surface area contributed by atoms with Gasteiger partial charge in [-0.15, -0.1) is 11.3 Å². The molecule has 0 aromatic carbocycles. The number of aromatic nitrogens is 2. The van der Waals surface area contributed by atoms with E-state index in [0.717, 1.165) is 15.0 Å². The van der Waals surface area contributed by atoms with E-state index in [0.29, 0.717) is 0 Å². The molecule has 0 aliphatic heterocycles. The summed E-state index contributed by atoms with van der Waals surface area (Å²) in [5.74, 6) is 0. The number of nitrogens with zero attached hydrogens (tertiary/aromatic N) is 2. The first-order valence-corrected chi connectivity index (χ1v) is 6.73. The SMILES string of the molecule is CC(C)n1ncc(Br)c1C(O)c1cccs1. The first kappa shape index (κ1) is 11.8. The molecule has 1 N–H and O–H groups in total. The number of halogens is 1. The Morgan fingerprint density at radius 1 is 1.50 bits per heavy atom. The van der Waals surface area contributed by atoms with Crippen LogP contribution in [0.3, 0.4) is 0 Å². The van der Waals surface area contributed by atoms with E-state index in [4.69, 9.17) is 0 Å². The van der Waals surface area contributed by atoms with Crippen LogP contribution in [0, 0.1) is 0 Å². The Kier molecular flexibility index (Phi) is 3.47. The third-order valence-electron chi connectivity index (χ3n) is 2.35. The van der Waals surface area contributed by atoms with E-state index >= 15 is 0 Å². The smallest absolute Gasteiger partial charge is 0.131 e. The highest BCUT2D eigenvalue weighted by Gasteiger charge is 2.21. The number of aliphatic hydroxyl groups excluding tert-OH is 1. The Hall–Kier alpha value is -0.650. The number of hydrogen-bond acceptors (Lipinski definition) is 3. The summed E-state index contributed by atoms with van der Waals surface area (Å²) >= 11 is 4.98. The van der Waals surface area contributed by atoms with Crippen molar-refractivity contribution in [1.29, 1.82) is 0 Å². The summed E-state index contributed by atoms with van der Waals surface area (Å²) in [4.78, 5) is 0.933. The van der Waals surface area contributed by atoms with Crippen molar-refractivity contribution in [2.75, 3.05) is 0 Å². The molecular formula is C11H13BrN2OS. The highest BCUT2D eigenvalue weighted by atomic mass is 79.9. The minimum absolute atomic E-state index is 0.232. The molecule has 2 aromatic rings. The average molecular weight is 301 g/mol. The van der Waals surface area contributed by atoms with E-state index < -0.39 is 6.10 Å². The fourth-order valence-corrected chi connectivity index (χ4v) is 2.80. The zero-order valence-corrected chi connectivity index (χ0v) is 11.5. The molecule has 0 amide bonds. The molecular weight excluding hydrogens is 288 g/mol. The molecule has 1 atom stereocenters. The van der Waals surface area contributed by atoms with Crippen molar-refractivity contribution in [2.24, 2.45) is 0 Å². The topological polar surface area (TPSA) is 38.0 Å². The first-order valence-electron chi connectivity index (χ1n) is 5.05. The van der Waals surface area contributed by atoms with Gasteiger partial charge in [0.05, 0.1) is 16.4 Å². The molecule has 0 saturated heterocycles. The molecule has 0 aliphatic rings. The molecule has 86 valence electrons. The molecule has 16 heavy (non-hydrogen) atoms. The minimum atomic E-state index is -0.612. The number of rotatable bonds is 3. The molecule has 0 aliphatic carbocycles. The summed E-state index contributed by atoms with van der Waals surface area (Å²) < 4.78 is 2.69. The minimum Gasteiger partial charge on any atom is -0.381 e. The zero-order valence-electron chi connectivity index (χ0n) is 9.09. The zero-order chi connectivity index (χ0) is 11.7. The molecule has 0 bridgehead atoms. The maximum Gasteiger partial charge on any atom is 0.131 e. The van der Waals surface area contributed by atoms with E-state index in [-0.39, 0.29) is 6.04 Å². The van der Waals surface area contributed by atoms with Crippen LogP contribution in [0.25, 0.3) is 0 Å². The summed E-state index contributed by atoms with van der Waals surface area (Å²) in [6.45, 7) is 4.09. The molecule has 2 rings (SSSR count). The van der Waals surface area contributed by atoms with Crippen molar-refractivity contribution >= 4 is 27.3 Å². The van der Waals surface area contributed by atoms with E-state index in [9.17, 15) is 5.11 Å². The molecule has 3 nitrogen and oxygen atoms in total. The summed E-state index contributed by atoms with van der Waals surface area (Å²) in [6, 6.07) is 4.10. The van der Waals surface area contributed by atoms with Crippen LogP contribution in [0.1, 0.15) is 36.6 Å². The number of hydrogen-bond donors (Lipinski definition) is 1. The molecule has 5 heteroatoms. The molecule has 0 spiro atoms. The van der Waals surface area contributed by atoms with Crippen molar-refractivity contribution in [2.45, 2.75) is 26.0 Å². The summed E-state index contributed by atoms with van der Waals surface area (Å²) in [5.41, 5.74) is 0.817. The Morgan fingerprint density at radius 3 is 2.81 bits per heavy atom. The van der Waals surface area contributed by atoms with Gasteiger partial charge in [0, 0.05) is 10.9 Å². The van der Waals surface area contributed by atoms with Crippen LogP contribution in [0.15, 0.2) is 28.2 Å². The van der Waals surface area contributed by atoms with Gasteiger partial charge in [0.2, 0.25) is 0 Å². The van der Waals surface area contributed by atoms with E-state index in [1.165, 1.54) is 0 Å². The lowest BCUT2D eigenvalue weighted by Crippen LogP contribution is -2.11. The van der Waals surface area contributed by atoms with Gasteiger partial charge >= 0.3 is 0 Å². The maximum atomic E-state index is 10.3. The molecule has 2 aromatic heterocycles.